The van der Waals surface area contributed by atoms with Crippen molar-refractivity contribution in [3.8, 4) is 0 Å². The Balaban J connectivity index is 2.30. The molecule has 1 aromatic rings. The van der Waals surface area contributed by atoms with Crippen molar-refractivity contribution in [3.63, 3.8) is 0 Å². The quantitative estimate of drug-likeness (QED) is 0.867. The third kappa shape index (κ3) is 4.06. The molecule has 122 valence electrons. The summed E-state index contributed by atoms with van der Waals surface area (Å²) in [5, 5.41) is 2.70. The fraction of sp³-hybridized carbons (Fsp3) is 0.389. The van der Waals surface area contributed by atoms with Crippen LogP contribution >= 0.6 is 0 Å². The van der Waals surface area contributed by atoms with Crippen molar-refractivity contribution in [2.75, 3.05) is 11.9 Å². The maximum absolute atomic E-state index is 12.3. The first-order valence-electron chi connectivity index (χ1n) is 7.67. The zero-order valence-electron chi connectivity index (χ0n) is 13.6. The van der Waals surface area contributed by atoms with Gasteiger partial charge in [0.15, 0.2) is 5.78 Å². The summed E-state index contributed by atoms with van der Waals surface area (Å²) in [5.74, 6) is -1.12. The number of anilines is 1. The Kier molecular flexibility index (Phi) is 5.32. The van der Waals surface area contributed by atoms with Crippen LogP contribution < -0.4 is 5.32 Å². The number of amides is 1. The predicted molar refractivity (Wildman–Crippen MR) is 87.0 cm³/mol. The molecule has 5 heteroatoms. The van der Waals surface area contributed by atoms with Crippen molar-refractivity contribution < 1.29 is 19.1 Å². The number of benzene rings is 1. The van der Waals surface area contributed by atoms with Gasteiger partial charge >= 0.3 is 5.97 Å². The van der Waals surface area contributed by atoms with E-state index in [1.54, 1.807) is 26.0 Å². The summed E-state index contributed by atoms with van der Waals surface area (Å²) in [6.07, 6.45) is 1.81. The van der Waals surface area contributed by atoms with E-state index in [1.165, 1.54) is 13.0 Å². The number of nitrogens with one attached hydrogen (secondary N) is 1. The highest BCUT2D eigenvalue weighted by atomic mass is 16.5. The summed E-state index contributed by atoms with van der Waals surface area (Å²) in [6.45, 7) is 5.31. The molecule has 2 atom stereocenters. The molecule has 2 unspecified atom stereocenters. The predicted octanol–water partition coefficient (Wildman–Crippen LogP) is 2.83. The van der Waals surface area contributed by atoms with Crippen LogP contribution in [0, 0.1) is 5.92 Å². The standard InChI is InChI=1S/C18H21NO4/c1-4-23-18(22)17-11(2)9-15(21)10-16(17)13-5-7-14(8-6-13)19-12(3)20/h5-9,16-17H,4,10H2,1-3H3,(H,19,20). The number of allylic oxidation sites excluding steroid dienone is 1. The first-order chi connectivity index (χ1) is 10.9. The lowest BCUT2D eigenvalue weighted by Gasteiger charge is -2.29. The van der Waals surface area contributed by atoms with E-state index in [1.807, 2.05) is 12.1 Å². The largest absolute Gasteiger partial charge is 0.466 e. The van der Waals surface area contributed by atoms with Crippen molar-refractivity contribution in [2.24, 2.45) is 5.92 Å². The van der Waals surface area contributed by atoms with Gasteiger partial charge in [-0.2, -0.15) is 0 Å². The molecule has 1 amide bonds. The lowest BCUT2D eigenvalue weighted by Crippen LogP contribution is -2.30. The van der Waals surface area contributed by atoms with E-state index in [0.717, 1.165) is 11.1 Å². The van der Waals surface area contributed by atoms with Gasteiger partial charge in [0.05, 0.1) is 12.5 Å². The summed E-state index contributed by atoms with van der Waals surface area (Å²) >= 11 is 0. The van der Waals surface area contributed by atoms with Gasteiger partial charge in [0.1, 0.15) is 0 Å². The topological polar surface area (TPSA) is 72.5 Å². The first-order valence-corrected chi connectivity index (χ1v) is 7.67. The van der Waals surface area contributed by atoms with Crippen LogP contribution in [-0.4, -0.2) is 24.3 Å². The molecule has 1 aliphatic rings. The van der Waals surface area contributed by atoms with Gasteiger partial charge in [0, 0.05) is 24.9 Å². The molecule has 0 saturated heterocycles. The van der Waals surface area contributed by atoms with E-state index >= 15 is 0 Å². The van der Waals surface area contributed by atoms with Crippen LogP contribution in [0.3, 0.4) is 0 Å². The summed E-state index contributed by atoms with van der Waals surface area (Å²) in [7, 11) is 0. The number of carbonyl (C=O) groups is 3. The van der Waals surface area contributed by atoms with Crippen LogP contribution in [0.5, 0.6) is 0 Å². The average molecular weight is 315 g/mol. The molecule has 1 N–H and O–H groups in total. The summed E-state index contributed by atoms with van der Waals surface area (Å²) < 4.78 is 5.17. The lowest BCUT2D eigenvalue weighted by atomic mass is 9.75. The first kappa shape index (κ1) is 16.9. The lowest BCUT2D eigenvalue weighted by molar-refractivity contribution is -0.147. The normalized spacial score (nSPS) is 20.7. The van der Waals surface area contributed by atoms with Crippen molar-refractivity contribution in [1.29, 1.82) is 0 Å². The zero-order chi connectivity index (χ0) is 17.0. The second kappa shape index (κ2) is 7.22. The van der Waals surface area contributed by atoms with Gasteiger partial charge in [-0.15, -0.1) is 0 Å². The maximum Gasteiger partial charge on any atom is 0.313 e. The van der Waals surface area contributed by atoms with Gasteiger partial charge in [-0.1, -0.05) is 17.7 Å². The Hall–Kier alpha value is -2.43. The number of hydrogen-bond acceptors (Lipinski definition) is 4. The molecule has 0 saturated carbocycles. The number of hydrogen-bond donors (Lipinski definition) is 1. The van der Waals surface area contributed by atoms with Crippen molar-refractivity contribution in [1.82, 2.24) is 0 Å². The molecule has 0 aliphatic heterocycles. The molecule has 1 aliphatic carbocycles. The molecule has 1 aromatic carbocycles. The smallest absolute Gasteiger partial charge is 0.313 e. The van der Waals surface area contributed by atoms with Gasteiger partial charge in [0.25, 0.3) is 0 Å². The van der Waals surface area contributed by atoms with Crippen molar-refractivity contribution in [2.45, 2.75) is 33.1 Å². The second-order valence-electron chi connectivity index (χ2n) is 5.70. The van der Waals surface area contributed by atoms with E-state index in [-0.39, 0.29) is 30.0 Å². The number of rotatable bonds is 4. The van der Waals surface area contributed by atoms with E-state index in [2.05, 4.69) is 5.32 Å². The molecule has 2 rings (SSSR count). The fourth-order valence-corrected chi connectivity index (χ4v) is 2.96. The SMILES string of the molecule is CCOC(=O)C1C(C)=CC(=O)CC1c1ccc(NC(C)=O)cc1. The molecule has 0 radical (unpaired) electrons. The molecule has 0 bridgehead atoms. The van der Waals surface area contributed by atoms with Crippen LogP contribution in [0.15, 0.2) is 35.9 Å². The van der Waals surface area contributed by atoms with Crippen LogP contribution in [0.25, 0.3) is 0 Å². The fourth-order valence-electron chi connectivity index (χ4n) is 2.96. The molecule has 0 spiro atoms. The summed E-state index contributed by atoms with van der Waals surface area (Å²) in [6, 6.07) is 7.23. The van der Waals surface area contributed by atoms with Crippen molar-refractivity contribution >= 4 is 23.3 Å². The van der Waals surface area contributed by atoms with Crippen LogP contribution in [0.1, 0.15) is 38.7 Å². The van der Waals surface area contributed by atoms with E-state index in [0.29, 0.717) is 12.3 Å². The van der Waals surface area contributed by atoms with Gasteiger partial charge < -0.3 is 10.1 Å². The van der Waals surface area contributed by atoms with E-state index in [4.69, 9.17) is 4.74 Å². The number of ketones is 1. The molecule has 0 aromatic heterocycles. The van der Waals surface area contributed by atoms with Gasteiger partial charge in [-0.3, -0.25) is 14.4 Å². The van der Waals surface area contributed by atoms with E-state index in [9.17, 15) is 14.4 Å². The minimum atomic E-state index is -0.445. The Morgan fingerprint density at radius 2 is 1.91 bits per heavy atom. The Morgan fingerprint density at radius 1 is 1.26 bits per heavy atom. The molecule has 23 heavy (non-hydrogen) atoms. The monoisotopic (exact) mass is 315 g/mol. The van der Waals surface area contributed by atoms with Gasteiger partial charge in [-0.25, -0.2) is 0 Å². The molecular formula is C18H21NO4. The Labute approximate surface area is 135 Å². The zero-order valence-corrected chi connectivity index (χ0v) is 13.6. The Bertz CT molecular complexity index is 645. The highest BCUT2D eigenvalue weighted by Crippen LogP contribution is 2.38. The Morgan fingerprint density at radius 3 is 2.48 bits per heavy atom. The second-order valence-corrected chi connectivity index (χ2v) is 5.70. The molecule has 0 heterocycles. The minimum Gasteiger partial charge on any atom is -0.466 e. The highest BCUT2D eigenvalue weighted by molar-refractivity contribution is 5.95. The van der Waals surface area contributed by atoms with Gasteiger partial charge in [0.2, 0.25) is 5.91 Å². The van der Waals surface area contributed by atoms with Crippen LogP contribution in [0.4, 0.5) is 5.69 Å². The number of esters is 1. The third-order valence-electron chi connectivity index (χ3n) is 3.90. The van der Waals surface area contributed by atoms with E-state index < -0.39 is 5.92 Å². The average Bonchev–Trinajstić information content (AvgIpc) is 2.46. The van der Waals surface area contributed by atoms with Crippen molar-refractivity contribution in [3.05, 3.63) is 41.5 Å². The summed E-state index contributed by atoms with van der Waals surface area (Å²) in [4.78, 5) is 35.3. The number of ether oxygens (including phenoxy) is 1. The molecule has 5 nitrogen and oxygen atoms in total. The molecule has 0 fully saturated rings. The minimum absolute atomic E-state index is 0.0129. The van der Waals surface area contributed by atoms with Gasteiger partial charge in [-0.05, 0) is 37.6 Å². The maximum atomic E-state index is 12.3. The number of carbonyl (C=O) groups excluding carboxylic acids is 3. The summed E-state index contributed by atoms with van der Waals surface area (Å²) in [5.41, 5.74) is 2.30. The molecular weight excluding hydrogens is 294 g/mol. The third-order valence-corrected chi connectivity index (χ3v) is 3.90. The van der Waals surface area contributed by atoms with Crippen LogP contribution in [-0.2, 0) is 19.1 Å². The highest BCUT2D eigenvalue weighted by Gasteiger charge is 2.36. The van der Waals surface area contributed by atoms with Crippen LogP contribution in [0.2, 0.25) is 0 Å².